The Morgan fingerprint density at radius 3 is 2.67 bits per heavy atom. The van der Waals surface area contributed by atoms with Crippen LogP contribution in [0.15, 0.2) is 18.2 Å². The maximum absolute atomic E-state index is 13.1. The maximum atomic E-state index is 13.1. The van der Waals surface area contributed by atoms with Gasteiger partial charge in [0.05, 0.1) is 6.54 Å². The largest absolute Gasteiger partial charge is 0.368 e. The Bertz CT molecular complexity index is 447. The van der Waals surface area contributed by atoms with Crippen molar-refractivity contribution < 1.29 is 14.0 Å². The van der Waals surface area contributed by atoms with Crippen LogP contribution in [0.3, 0.4) is 0 Å². The number of rotatable bonds is 6. The van der Waals surface area contributed by atoms with Crippen LogP contribution in [0.25, 0.3) is 0 Å². The van der Waals surface area contributed by atoms with E-state index in [1.807, 2.05) is 13.8 Å². The number of hydrogen-bond acceptors (Lipinski definition) is 3. The summed E-state index contributed by atoms with van der Waals surface area (Å²) in [7, 11) is 0. The monoisotopic (exact) mass is 252 g/mol. The Morgan fingerprint density at radius 2 is 2.17 bits per heavy atom. The molecule has 0 bridgehead atoms. The highest BCUT2D eigenvalue weighted by Gasteiger charge is 2.15. The second-order valence-electron chi connectivity index (χ2n) is 4.56. The van der Waals surface area contributed by atoms with Gasteiger partial charge in [0.2, 0.25) is 5.91 Å². The molecule has 5 heteroatoms. The molecule has 98 valence electrons. The molecule has 0 atom stereocenters. The fraction of sp³-hybridized carbons (Fsp3) is 0.385. The van der Waals surface area contributed by atoms with Gasteiger partial charge < -0.3 is 10.6 Å². The molecule has 0 aliphatic rings. The molecule has 1 amide bonds. The number of nitrogens with zero attached hydrogens (tertiary/aromatic N) is 1. The van der Waals surface area contributed by atoms with Gasteiger partial charge in [-0.1, -0.05) is 13.8 Å². The molecule has 0 saturated heterocycles. The number of hydrogen-bond donors (Lipinski definition) is 1. The molecule has 0 radical (unpaired) electrons. The highest BCUT2D eigenvalue weighted by molar-refractivity contribution is 5.87. The van der Waals surface area contributed by atoms with Crippen LogP contribution < -0.4 is 10.6 Å². The molecule has 18 heavy (non-hydrogen) atoms. The van der Waals surface area contributed by atoms with Gasteiger partial charge in [-0.2, -0.15) is 0 Å². The average molecular weight is 252 g/mol. The van der Waals surface area contributed by atoms with Crippen molar-refractivity contribution >= 4 is 17.9 Å². The zero-order valence-electron chi connectivity index (χ0n) is 10.5. The van der Waals surface area contributed by atoms with Crippen molar-refractivity contribution in [2.24, 2.45) is 11.7 Å². The molecule has 0 aliphatic heterocycles. The second-order valence-corrected chi connectivity index (χ2v) is 4.56. The smallest absolute Gasteiger partial charge is 0.236 e. The third-order valence-electron chi connectivity index (χ3n) is 2.39. The number of carbonyl (C=O) groups excluding carboxylic acids is 2. The summed E-state index contributed by atoms with van der Waals surface area (Å²) in [5.41, 5.74) is 5.93. The molecule has 0 saturated carbocycles. The number of anilines is 1. The predicted octanol–water partition coefficient (Wildman–Crippen LogP) is 1.59. The van der Waals surface area contributed by atoms with Crippen molar-refractivity contribution in [3.05, 3.63) is 29.6 Å². The molecule has 4 nitrogen and oxygen atoms in total. The summed E-state index contributed by atoms with van der Waals surface area (Å²) >= 11 is 0. The lowest BCUT2D eigenvalue weighted by atomic mass is 10.1. The van der Waals surface area contributed by atoms with Gasteiger partial charge in [0.1, 0.15) is 5.82 Å². The van der Waals surface area contributed by atoms with Crippen LogP contribution in [0.1, 0.15) is 24.2 Å². The van der Waals surface area contributed by atoms with Crippen molar-refractivity contribution in [2.45, 2.75) is 13.8 Å². The topological polar surface area (TPSA) is 63.4 Å². The number of primary amides is 1. The van der Waals surface area contributed by atoms with Gasteiger partial charge in [-0.05, 0) is 24.1 Å². The lowest BCUT2D eigenvalue weighted by Crippen LogP contribution is -2.36. The predicted molar refractivity (Wildman–Crippen MR) is 68.0 cm³/mol. The van der Waals surface area contributed by atoms with Crippen molar-refractivity contribution in [3.63, 3.8) is 0 Å². The van der Waals surface area contributed by atoms with Crippen molar-refractivity contribution in [3.8, 4) is 0 Å². The van der Waals surface area contributed by atoms with E-state index in [2.05, 4.69) is 0 Å². The second kappa shape index (κ2) is 6.14. The molecule has 1 rings (SSSR count). The molecule has 0 spiro atoms. The molecule has 0 aliphatic carbocycles. The van der Waals surface area contributed by atoms with Gasteiger partial charge >= 0.3 is 0 Å². The number of benzene rings is 1. The molecule has 1 aromatic carbocycles. The number of halogens is 1. The van der Waals surface area contributed by atoms with E-state index >= 15 is 0 Å². The lowest BCUT2D eigenvalue weighted by molar-refractivity contribution is -0.116. The summed E-state index contributed by atoms with van der Waals surface area (Å²) in [5.74, 6) is -0.685. The summed E-state index contributed by atoms with van der Waals surface area (Å²) in [5, 5.41) is 0. The van der Waals surface area contributed by atoms with Gasteiger partial charge in [0.25, 0.3) is 0 Å². The van der Waals surface area contributed by atoms with E-state index in [9.17, 15) is 14.0 Å². The van der Waals surface area contributed by atoms with E-state index in [-0.39, 0.29) is 18.0 Å². The third-order valence-corrected chi connectivity index (χ3v) is 2.39. The standard InChI is InChI=1S/C13H17FN2O2/c1-9(2)6-16(7-13(15)18)12-4-3-11(14)5-10(12)8-17/h3-5,8-9H,6-7H2,1-2H3,(H2,15,18). The fourth-order valence-corrected chi connectivity index (χ4v) is 1.78. The van der Waals surface area contributed by atoms with Crippen LogP contribution in [-0.2, 0) is 4.79 Å². The lowest BCUT2D eigenvalue weighted by Gasteiger charge is -2.26. The average Bonchev–Trinajstić information content (AvgIpc) is 2.26. The Morgan fingerprint density at radius 1 is 1.50 bits per heavy atom. The summed E-state index contributed by atoms with van der Waals surface area (Å²) in [6, 6.07) is 3.90. The van der Waals surface area contributed by atoms with E-state index in [4.69, 9.17) is 5.73 Å². The SMILES string of the molecule is CC(C)CN(CC(N)=O)c1ccc(F)cc1C=O. The zero-order valence-corrected chi connectivity index (χ0v) is 10.5. The molecule has 0 unspecified atom stereocenters. The first-order valence-corrected chi connectivity index (χ1v) is 5.72. The van der Waals surface area contributed by atoms with Crippen LogP contribution >= 0.6 is 0 Å². The van der Waals surface area contributed by atoms with Crippen LogP contribution in [-0.4, -0.2) is 25.3 Å². The minimum Gasteiger partial charge on any atom is -0.368 e. The van der Waals surface area contributed by atoms with Crippen LogP contribution in [0.5, 0.6) is 0 Å². The summed E-state index contributed by atoms with van der Waals surface area (Å²) in [6.45, 7) is 4.54. The van der Waals surface area contributed by atoms with Gasteiger partial charge in [0, 0.05) is 17.8 Å². The Hall–Kier alpha value is -1.91. The molecule has 1 aromatic rings. The minimum atomic E-state index is -0.489. The molecular formula is C13H17FN2O2. The first-order chi connectivity index (χ1) is 8.43. The van der Waals surface area contributed by atoms with E-state index < -0.39 is 11.7 Å². The van der Waals surface area contributed by atoms with E-state index in [0.29, 0.717) is 18.5 Å². The molecule has 0 heterocycles. The fourth-order valence-electron chi connectivity index (χ4n) is 1.78. The molecular weight excluding hydrogens is 235 g/mol. The van der Waals surface area contributed by atoms with Crippen LogP contribution in [0.2, 0.25) is 0 Å². The van der Waals surface area contributed by atoms with E-state index in [1.165, 1.54) is 12.1 Å². The van der Waals surface area contributed by atoms with Gasteiger partial charge in [0.15, 0.2) is 6.29 Å². The summed E-state index contributed by atoms with van der Waals surface area (Å²) < 4.78 is 13.1. The Balaban J connectivity index is 3.10. The first kappa shape index (κ1) is 14.2. The van der Waals surface area contributed by atoms with Gasteiger partial charge in [-0.25, -0.2) is 4.39 Å². The zero-order chi connectivity index (χ0) is 13.7. The normalized spacial score (nSPS) is 10.4. The summed E-state index contributed by atoms with van der Waals surface area (Å²) in [4.78, 5) is 23.7. The number of carbonyl (C=O) groups is 2. The Labute approximate surface area is 106 Å². The Kier molecular flexibility index (Phi) is 4.83. The highest BCUT2D eigenvalue weighted by Crippen LogP contribution is 2.21. The molecule has 2 N–H and O–H groups in total. The van der Waals surface area contributed by atoms with Crippen LogP contribution in [0, 0.1) is 11.7 Å². The number of nitrogens with two attached hydrogens (primary N) is 1. The van der Waals surface area contributed by atoms with Crippen molar-refractivity contribution in [2.75, 3.05) is 18.0 Å². The quantitative estimate of drug-likeness (QED) is 0.782. The minimum absolute atomic E-state index is 0.00462. The first-order valence-electron chi connectivity index (χ1n) is 5.72. The van der Waals surface area contributed by atoms with E-state index in [0.717, 1.165) is 6.07 Å². The van der Waals surface area contributed by atoms with Crippen LogP contribution in [0.4, 0.5) is 10.1 Å². The number of aldehydes is 1. The van der Waals surface area contributed by atoms with E-state index in [1.54, 1.807) is 4.90 Å². The van der Waals surface area contributed by atoms with Crippen molar-refractivity contribution in [1.29, 1.82) is 0 Å². The van der Waals surface area contributed by atoms with Crippen molar-refractivity contribution in [1.82, 2.24) is 0 Å². The third kappa shape index (κ3) is 3.84. The van der Waals surface area contributed by atoms with Gasteiger partial charge in [-0.15, -0.1) is 0 Å². The molecule has 0 fully saturated rings. The summed E-state index contributed by atoms with van der Waals surface area (Å²) in [6.07, 6.45) is 0.576. The number of amides is 1. The maximum Gasteiger partial charge on any atom is 0.236 e. The van der Waals surface area contributed by atoms with Gasteiger partial charge in [-0.3, -0.25) is 9.59 Å². The highest BCUT2D eigenvalue weighted by atomic mass is 19.1. The molecule has 0 aromatic heterocycles.